The zero-order valence-electron chi connectivity index (χ0n) is 8.49. The van der Waals surface area contributed by atoms with Gasteiger partial charge in [0.1, 0.15) is 12.5 Å². The molecule has 3 heteroatoms. The average molecular weight is 195 g/mol. The maximum absolute atomic E-state index is 9.04. The molecule has 2 N–H and O–H groups in total. The number of hydrogen-bond acceptors (Lipinski definition) is 3. The number of phenols is 1. The highest BCUT2D eigenvalue weighted by molar-refractivity contribution is 5.45. The predicted molar refractivity (Wildman–Crippen MR) is 57.5 cm³/mol. The minimum absolute atomic E-state index is 0.280. The van der Waals surface area contributed by atoms with E-state index in [0.29, 0.717) is 6.73 Å². The molecular weight excluding hydrogens is 178 g/mol. The Kier molecular flexibility index (Phi) is 4.86. The molecule has 0 radical (unpaired) electrons. The molecule has 0 amide bonds. The van der Waals surface area contributed by atoms with E-state index in [1.165, 1.54) is 0 Å². The summed E-state index contributed by atoms with van der Waals surface area (Å²) >= 11 is 0. The van der Waals surface area contributed by atoms with Crippen molar-refractivity contribution in [2.45, 2.75) is 19.8 Å². The van der Waals surface area contributed by atoms with E-state index in [1.807, 2.05) is 12.1 Å². The first kappa shape index (κ1) is 10.9. The van der Waals surface area contributed by atoms with Crippen LogP contribution in [0.15, 0.2) is 24.3 Å². The van der Waals surface area contributed by atoms with Gasteiger partial charge in [0.25, 0.3) is 0 Å². The van der Waals surface area contributed by atoms with E-state index in [9.17, 15) is 0 Å². The summed E-state index contributed by atoms with van der Waals surface area (Å²) in [6.07, 6.45) is 2.25. The maximum atomic E-state index is 9.04. The van der Waals surface area contributed by atoms with Gasteiger partial charge >= 0.3 is 0 Å². The summed E-state index contributed by atoms with van der Waals surface area (Å²) in [6, 6.07) is 6.93. The van der Waals surface area contributed by atoms with E-state index in [2.05, 4.69) is 12.2 Å². The van der Waals surface area contributed by atoms with Gasteiger partial charge in [0, 0.05) is 12.3 Å². The number of ether oxygens (including phenoxy) is 1. The Morgan fingerprint density at radius 1 is 1.29 bits per heavy atom. The summed E-state index contributed by atoms with van der Waals surface area (Å²) in [6.45, 7) is 3.45. The van der Waals surface area contributed by atoms with Crippen molar-refractivity contribution in [1.29, 1.82) is 0 Å². The van der Waals surface area contributed by atoms with Gasteiger partial charge in [0.05, 0.1) is 0 Å². The molecule has 0 unspecified atom stereocenters. The fraction of sp³-hybridized carbons (Fsp3) is 0.455. The highest BCUT2D eigenvalue weighted by atomic mass is 16.5. The van der Waals surface area contributed by atoms with E-state index in [-0.39, 0.29) is 5.75 Å². The van der Waals surface area contributed by atoms with E-state index in [1.54, 1.807) is 12.1 Å². The van der Waals surface area contributed by atoms with Gasteiger partial charge in [-0.15, -0.1) is 0 Å². The Morgan fingerprint density at radius 2 is 2.00 bits per heavy atom. The largest absolute Gasteiger partial charge is 0.508 e. The molecule has 0 aromatic heterocycles. The number of anilines is 1. The maximum Gasteiger partial charge on any atom is 0.116 e. The summed E-state index contributed by atoms with van der Waals surface area (Å²) in [5.41, 5.74) is 0.958. The van der Waals surface area contributed by atoms with Crippen LogP contribution in [0.1, 0.15) is 19.8 Å². The number of benzene rings is 1. The number of nitrogens with one attached hydrogen (secondary N) is 1. The molecule has 0 saturated carbocycles. The Hall–Kier alpha value is -1.22. The lowest BCUT2D eigenvalue weighted by Crippen LogP contribution is -2.06. The molecule has 0 saturated heterocycles. The lowest BCUT2D eigenvalue weighted by Gasteiger charge is -2.06. The number of unbranched alkanes of at least 4 members (excludes halogenated alkanes) is 1. The summed E-state index contributed by atoms with van der Waals surface area (Å²) in [7, 11) is 0. The minimum Gasteiger partial charge on any atom is -0.508 e. The van der Waals surface area contributed by atoms with Crippen molar-refractivity contribution in [3.63, 3.8) is 0 Å². The molecule has 0 aliphatic rings. The van der Waals surface area contributed by atoms with E-state index in [0.717, 1.165) is 25.1 Å². The van der Waals surface area contributed by atoms with Crippen LogP contribution in [0.4, 0.5) is 5.69 Å². The van der Waals surface area contributed by atoms with Crippen molar-refractivity contribution in [3.8, 4) is 5.75 Å². The van der Waals surface area contributed by atoms with Crippen LogP contribution in [0.3, 0.4) is 0 Å². The highest BCUT2D eigenvalue weighted by Crippen LogP contribution is 2.13. The van der Waals surface area contributed by atoms with Crippen LogP contribution in [-0.4, -0.2) is 18.4 Å². The van der Waals surface area contributed by atoms with Crippen molar-refractivity contribution in [1.82, 2.24) is 0 Å². The first-order valence-corrected chi connectivity index (χ1v) is 4.93. The van der Waals surface area contributed by atoms with Crippen molar-refractivity contribution in [2.24, 2.45) is 0 Å². The van der Waals surface area contributed by atoms with Gasteiger partial charge in [-0.25, -0.2) is 0 Å². The molecule has 0 bridgehead atoms. The molecule has 0 aliphatic carbocycles. The molecule has 0 aliphatic heterocycles. The SMILES string of the molecule is CCCCOCNc1ccc(O)cc1. The molecule has 1 aromatic carbocycles. The van der Waals surface area contributed by atoms with Gasteiger partial charge in [-0.2, -0.15) is 0 Å². The molecule has 3 nitrogen and oxygen atoms in total. The van der Waals surface area contributed by atoms with Crippen LogP contribution in [-0.2, 0) is 4.74 Å². The van der Waals surface area contributed by atoms with Gasteiger partial charge in [-0.1, -0.05) is 13.3 Å². The van der Waals surface area contributed by atoms with Gasteiger partial charge in [0.15, 0.2) is 0 Å². The third-order valence-electron chi connectivity index (χ3n) is 1.89. The second kappa shape index (κ2) is 6.27. The molecule has 1 aromatic rings. The summed E-state index contributed by atoms with van der Waals surface area (Å²) in [4.78, 5) is 0. The third-order valence-corrected chi connectivity index (χ3v) is 1.89. The number of phenolic OH excluding ortho intramolecular Hbond substituents is 1. The van der Waals surface area contributed by atoms with Crippen LogP contribution in [0.25, 0.3) is 0 Å². The van der Waals surface area contributed by atoms with E-state index < -0.39 is 0 Å². The van der Waals surface area contributed by atoms with Crippen molar-refractivity contribution in [3.05, 3.63) is 24.3 Å². The molecule has 0 atom stereocenters. The molecular formula is C11H17NO2. The fourth-order valence-electron chi connectivity index (χ4n) is 1.03. The topological polar surface area (TPSA) is 41.5 Å². The Bertz CT molecular complexity index is 246. The van der Waals surface area contributed by atoms with E-state index in [4.69, 9.17) is 9.84 Å². The second-order valence-electron chi connectivity index (χ2n) is 3.13. The Morgan fingerprint density at radius 3 is 2.64 bits per heavy atom. The lowest BCUT2D eigenvalue weighted by atomic mass is 10.3. The Balaban J connectivity index is 2.15. The number of aromatic hydroxyl groups is 1. The third kappa shape index (κ3) is 4.14. The zero-order valence-corrected chi connectivity index (χ0v) is 8.49. The molecule has 14 heavy (non-hydrogen) atoms. The molecule has 78 valence electrons. The standard InChI is InChI=1S/C11H17NO2/c1-2-3-8-14-9-12-10-4-6-11(13)7-5-10/h4-7,12-13H,2-3,8-9H2,1H3. The van der Waals surface area contributed by atoms with Gasteiger partial charge < -0.3 is 15.2 Å². The quantitative estimate of drug-likeness (QED) is 0.416. The van der Waals surface area contributed by atoms with Crippen molar-refractivity contribution in [2.75, 3.05) is 18.7 Å². The molecule has 0 heterocycles. The van der Waals surface area contributed by atoms with Crippen LogP contribution in [0, 0.1) is 0 Å². The first-order chi connectivity index (χ1) is 6.83. The Labute approximate surface area is 84.7 Å². The summed E-state index contributed by atoms with van der Waals surface area (Å²) in [5, 5.41) is 12.1. The molecule has 1 rings (SSSR count). The van der Waals surface area contributed by atoms with Gasteiger partial charge in [-0.3, -0.25) is 0 Å². The summed E-state index contributed by atoms with van der Waals surface area (Å²) < 4.78 is 5.33. The zero-order chi connectivity index (χ0) is 10.2. The van der Waals surface area contributed by atoms with E-state index >= 15 is 0 Å². The predicted octanol–water partition coefficient (Wildman–Crippen LogP) is 2.58. The molecule has 0 fully saturated rings. The van der Waals surface area contributed by atoms with Crippen LogP contribution in [0.2, 0.25) is 0 Å². The monoisotopic (exact) mass is 195 g/mol. The van der Waals surface area contributed by atoms with Crippen molar-refractivity contribution < 1.29 is 9.84 Å². The number of hydrogen-bond donors (Lipinski definition) is 2. The highest BCUT2D eigenvalue weighted by Gasteiger charge is 1.91. The minimum atomic E-state index is 0.280. The van der Waals surface area contributed by atoms with Gasteiger partial charge in [0.2, 0.25) is 0 Å². The van der Waals surface area contributed by atoms with Crippen LogP contribution in [0.5, 0.6) is 5.75 Å². The lowest BCUT2D eigenvalue weighted by molar-refractivity contribution is 0.149. The second-order valence-corrected chi connectivity index (χ2v) is 3.13. The average Bonchev–Trinajstić information content (AvgIpc) is 2.21. The van der Waals surface area contributed by atoms with Crippen LogP contribution < -0.4 is 5.32 Å². The smallest absolute Gasteiger partial charge is 0.116 e. The van der Waals surface area contributed by atoms with Gasteiger partial charge in [-0.05, 0) is 30.7 Å². The normalized spacial score (nSPS) is 10.1. The fourth-order valence-corrected chi connectivity index (χ4v) is 1.03. The van der Waals surface area contributed by atoms with Crippen LogP contribution >= 0.6 is 0 Å². The first-order valence-electron chi connectivity index (χ1n) is 4.93. The summed E-state index contributed by atoms with van der Waals surface area (Å²) in [5.74, 6) is 0.280. The molecule has 0 spiro atoms. The number of rotatable bonds is 6. The van der Waals surface area contributed by atoms with Crippen molar-refractivity contribution >= 4 is 5.69 Å².